The van der Waals surface area contributed by atoms with Gasteiger partial charge < -0.3 is 24.5 Å². The predicted octanol–water partition coefficient (Wildman–Crippen LogP) is 4.64. The monoisotopic (exact) mass is 658 g/mol. The van der Waals surface area contributed by atoms with Crippen LogP contribution in [0.4, 0.5) is 24.7 Å². The van der Waals surface area contributed by atoms with Crippen molar-refractivity contribution < 1.29 is 27.8 Å². The van der Waals surface area contributed by atoms with Gasteiger partial charge in [0.1, 0.15) is 30.0 Å². The molecule has 4 saturated heterocycles. The Balaban J connectivity index is 1.18. The molecule has 5 aliphatic rings. The minimum atomic E-state index is -3.05. The first-order valence-electron chi connectivity index (χ1n) is 16.6. The van der Waals surface area contributed by atoms with Crippen LogP contribution in [0.15, 0.2) is 36.9 Å². The number of anilines is 2. The fourth-order valence-corrected chi connectivity index (χ4v) is 8.90. The van der Waals surface area contributed by atoms with Gasteiger partial charge in [0, 0.05) is 48.8 Å². The minimum absolute atomic E-state index is 0.0190. The maximum absolute atomic E-state index is 15.3. The highest BCUT2D eigenvalue weighted by atomic mass is 19.3. The van der Waals surface area contributed by atoms with Gasteiger partial charge in [-0.15, -0.1) is 6.42 Å². The number of phenols is 1. The van der Waals surface area contributed by atoms with Gasteiger partial charge in [0.15, 0.2) is 0 Å². The van der Waals surface area contributed by atoms with Gasteiger partial charge in [-0.1, -0.05) is 18.6 Å². The normalized spacial score (nSPS) is 24.0. The van der Waals surface area contributed by atoms with E-state index in [9.17, 15) is 14.3 Å². The molecular weight excluding hydrogens is 621 g/mol. The number of hydrogen-bond acceptors (Lipinski definition) is 8. The number of nitrogens with zero attached hydrogens (tertiary/aromatic N) is 6. The molecular formula is C36H37F3N6O3. The van der Waals surface area contributed by atoms with Gasteiger partial charge in [0.2, 0.25) is 5.91 Å². The average molecular weight is 659 g/mol. The van der Waals surface area contributed by atoms with Gasteiger partial charge in [-0.25, -0.2) is 13.2 Å². The number of piperazine rings is 1. The first-order valence-corrected chi connectivity index (χ1v) is 16.6. The highest BCUT2D eigenvalue weighted by molar-refractivity contribution is 6.00. The molecule has 2 aromatic carbocycles. The van der Waals surface area contributed by atoms with Crippen LogP contribution in [0.5, 0.6) is 11.8 Å². The van der Waals surface area contributed by atoms with Crippen LogP contribution in [0.2, 0.25) is 0 Å². The van der Waals surface area contributed by atoms with Crippen molar-refractivity contribution in [3.63, 3.8) is 0 Å². The number of hydrogen-bond donors (Lipinski definition) is 1. The Labute approximate surface area is 277 Å². The van der Waals surface area contributed by atoms with Gasteiger partial charge in [-0.3, -0.25) is 9.69 Å². The molecule has 1 aromatic heterocycles. The van der Waals surface area contributed by atoms with Crippen molar-refractivity contribution in [2.45, 2.75) is 68.6 Å². The lowest BCUT2D eigenvalue weighted by Crippen LogP contribution is -2.58. The number of alkyl halides is 2. The Morgan fingerprint density at radius 3 is 2.67 bits per heavy atom. The molecule has 6 heterocycles. The first kappa shape index (κ1) is 30.8. The summed E-state index contributed by atoms with van der Waals surface area (Å²) in [5.41, 5.74) is 2.11. The molecule has 1 N–H and O–H groups in total. The molecule has 0 unspecified atom stereocenters. The van der Waals surface area contributed by atoms with Crippen LogP contribution >= 0.6 is 0 Å². The standard InChI is InChI=1S/C36H37F3N6O3/c1-3-25-27(37)8-7-22-15-24(46)16-29(32(22)25)42-14-9-26-28(19-42)40-34(48-21-35-10-5-12-44(35)13-6-11-35)41-33(26)43-18-23-17-36(38,39)30(20-43)45(23)31(47)4-2/h1,4,7-8,15-16,23,30,46H,2,5-6,9-14,17-21H2/t23-,30-/m0/s1. The molecule has 9 nitrogen and oxygen atoms in total. The van der Waals surface area contributed by atoms with E-state index in [2.05, 4.69) is 17.4 Å². The van der Waals surface area contributed by atoms with Crippen molar-refractivity contribution in [3.8, 4) is 24.1 Å². The van der Waals surface area contributed by atoms with Crippen LogP contribution < -0.4 is 14.5 Å². The third-order valence-corrected chi connectivity index (χ3v) is 11.1. The van der Waals surface area contributed by atoms with Crippen LogP contribution in [0.1, 0.15) is 48.9 Å². The summed E-state index contributed by atoms with van der Waals surface area (Å²) in [7, 11) is 0. The molecule has 5 aliphatic heterocycles. The summed E-state index contributed by atoms with van der Waals surface area (Å²) in [5.74, 6) is -1.03. The minimum Gasteiger partial charge on any atom is -0.508 e. The predicted molar refractivity (Wildman–Crippen MR) is 175 cm³/mol. The molecule has 250 valence electrons. The Kier molecular flexibility index (Phi) is 7.25. The zero-order valence-corrected chi connectivity index (χ0v) is 26.6. The number of aromatic hydroxyl groups is 1. The SMILES string of the molecule is C#Cc1c(F)ccc2cc(O)cc(N3CCc4c(nc(OCC56CCCN5CCC6)nc4N4C[C@@H]5CC(F)(F)[C@H](C4)N5C(=O)C=C)C3)c12. The largest absolute Gasteiger partial charge is 0.508 e. The first-order chi connectivity index (χ1) is 23.1. The zero-order chi connectivity index (χ0) is 33.4. The molecule has 0 saturated carbocycles. The van der Waals surface area contributed by atoms with Crippen LogP contribution in [-0.4, -0.2) is 93.7 Å². The molecule has 1 amide bonds. The van der Waals surface area contributed by atoms with Gasteiger partial charge in [0.25, 0.3) is 5.92 Å². The Bertz CT molecular complexity index is 1870. The summed E-state index contributed by atoms with van der Waals surface area (Å²) in [6.07, 6.45) is 11.2. The highest BCUT2D eigenvalue weighted by Crippen LogP contribution is 2.45. The number of terminal acetylenes is 1. The fourth-order valence-electron chi connectivity index (χ4n) is 8.90. The average Bonchev–Trinajstić information content (AvgIpc) is 3.70. The lowest BCUT2D eigenvalue weighted by molar-refractivity contribution is -0.132. The number of carbonyl (C=O) groups excluding carboxylic acids is 1. The van der Waals surface area contributed by atoms with E-state index in [4.69, 9.17) is 21.1 Å². The van der Waals surface area contributed by atoms with Crippen molar-refractivity contribution >= 4 is 28.2 Å². The number of aromatic nitrogens is 2. The van der Waals surface area contributed by atoms with E-state index in [0.717, 1.165) is 50.4 Å². The molecule has 8 rings (SSSR count). The van der Waals surface area contributed by atoms with E-state index < -0.39 is 36.2 Å². The van der Waals surface area contributed by atoms with E-state index in [1.807, 2.05) is 9.80 Å². The van der Waals surface area contributed by atoms with E-state index in [0.29, 0.717) is 47.5 Å². The number of benzene rings is 2. The van der Waals surface area contributed by atoms with E-state index >= 15 is 8.78 Å². The number of amides is 1. The Morgan fingerprint density at radius 2 is 1.94 bits per heavy atom. The quantitative estimate of drug-likeness (QED) is 0.303. The van der Waals surface area contributed by atoms with Gasteiger partial charge >= 0.3 is 6.01 Å². The highest BCUT2D eigenvalue weighted by Gasteiger charge is 2.59. The second-order valence-electron chi connectivity index (χ2n) is 13.8. The molecule has 3 aromatic rings. The van der Waals surface area contributed by atoms with Gasteiger partial charge in [0.05, 0.1) is 29.4 Å². The van der Waals surface area contributed by atoms with Crippen LogP contribution in [0.3, 0.4) is 0 Å². The number of halogens is 3. The lowest BCUT2D eigenvalue weighted by atomic mass is 9.95. The summed E-state index contributed by atoms with van der Waals surface area (Å²) < 4.78 is 51.9. The maximum Gasteiger partial charge on any atom is 0.318 e. The van der Waals surface area contributed by atoms with E-state index in [1.165, 1.54) is 11.0 Å². The Morgan fingerprint density at radius 1 is 1.15 bits per heavy atom. The fraction of sp³-hybridized carbons (Fsp3) is 0.472. The second-order valence-corrected chi connectivity index (χ2v) is 13.8. The summed E-state index contributed by atoms with van der Waals surface area (Å²) in [6, 6.07) is 4.20. The van der Waals surface area contributed by atoms with Gasteiger partial charge in [-0.2, -0.15) is 9.97 Å². The summed E-state index contributed by atoms with van der Waals surface area (Å²) in [6.45, 7) is 6.88. The van der Waals surface area contributed by atoms with Crippen molar-refractivity contribution in [1.29, 1.82) is 0 Å². The van der Waals surface area contributed by atoms with Crippen molar-refractivity contribution in [2.24, 2.45) is 0 Å². The smallest absolute Gasteiger partial charge is 0.318 e. The molecule has 48 heavy (non-hydrogen) atoms. The second kappa shape index (κ2) is 11.3. The molecule has 0 aliphatic carbocycles. The number of ether oxygens (including phenoxy) is 1. The van der Waals surface area contributed by atoms with Crippen molar-refractivity contribution in [1.82, 2.24) is 19.8 Å². The third kappa shape index (κ3) is 4.85. The summed E-state index contributed by atoms with van der Waals surface area (Å²) in [4.78, 5) is 30.1. The number of fused-ring (bicyclic) bond motifs is 5. The Hall–Kier alpha value is -4.50. The number of phenolic OH excluding ortho intramolecular Hbond substituents is 1. The van der Waals surface area contributed by atoms with Crippen LogP contribution in [-0.2, 0) is 17.8 Å². The number of carbonyl (C=O) groups is 1. The topological polar surface area (TPSA) is 85.3 Å². The lowest BCUT2D eigenvalue weighted by Gasteiger charge is -2.42. The molecule has 2 bridgehead atoms. The number of rotatable bonds is 6. The molecule has 0 radical (unpaired) electrons. The van der Waals surface area contributed by atoms with Crippen LogP contribution in [0.25, 0.3) is 10.8 Å². The molecule has 2 atom stereocenters. The zero-order valence-electron chi connectivity index (χ0n) is 26.6. The maximum atomic E-state index is 15.3. The third-order valence-electron chi connectivity index (χ3n) is 11.1. The summed E-state index contributed by atoms with van der Waals surface area (Å²) in [5, 5.41) is 11.8. The summed E-state index contributed by atoms with van der Waals surface area (Å²) >= 11 is 0. The van der Waals surface area contributed by atoms with Crippen molar-refractivity contribution in [2.75, 3.05) is 49.1 Å². The van der Waals surface area contributed by atoms with Crippen molar-refractivity contribution in [3.05, 3.63) is 59.6 Å². The van der Waals surface area contributed by atoms with Gasteiger partial charge in [-0.05, 0) is 68.8 Å². The molecule has 0 spiro atoms. The van der Waals surface area contributed by atoms with E-state index in [-0.39, 0.29) is 42.5 Å². The molecule has 12 heteroatoms. The van der Waals surface area contributed by atoms with E-state index in [1.54, 1.807) is 18.2 Å². The van der Waals surface area contributed by atoms with Crippen LogP contribution in [0, 0.1) is 18.2 Å². The molecule has 4 fully saturated rings.